The van der Waals surface area contributed by atoms with Crippen molar-refractivity contribution in [3.05, 3.63) is 41.6 Å². The van der Waals surface area contributed by atoms with Gasteiger partial charge in [0.05, 0.1) is 6.20 Å². The molecule has 22 heavy (non-hydrogen) atoms. The Bertz CT molecular complexity index is 567. The molecule has 2 N–H and O–H groups in total. The summed E-state index contributed by atoms with van der Waals surface area (Å²) < 4.78 is 0. The van der Waals surface area contributed by atoms with Gasteiger partial charge in [-0.1, -0.05) is 29.8 Å². The minimum absolute atomic E-state index is 0.563. The summed E-state index contributed by atoms with van der Waals surface area (Å²) >= 11 is 0. The SMILES string of the molecule is Cc1ccc(CNc2cnnc(NCCCN(C)C)n2)cc1. The molecule has 0 saturated heterocycles. The van der Waals surface area contributed by atoms with Gasteiger partial charge in [0.25, 0.3) is 0 Å². The summed E-state index contributed by atoms with van der Waals surface area (Å²) in [5.41, 5.74) is 2.47. The first-order valence-corrected chi connectivity index (χ1v) is 7.51. The third-order valence-corrected chi connectivity index (χ3v) is 3.22. The van der Waals surface area contributed by atoms with Crippen LogP contribution in [0.2, 0.25) is 0 Å². The lowest BCUT2D eigenvalue weighted by atomic mass is 10.1. The molecule has 0 aliphatic carbocycles. The summed E-state index contributed by atoms with van der Waals surface area (Å²) in [6.07, 6.45) is 2.68. The fourth-order valence-electron chi connectivity index (χ4n) is 1.96. The zero-order valence-electron chi connectivity index (χ0n) is 13.5. The quantitative estimate of drug-likeness (QED) is 0.728. The summed E-state index contributed by atoms with van der Waals surface area (Å²) in [5.74, 6) is 1.29. The van der Waals surface area contributed by atoms with Gasteiger partial charge in [-0.05, 0) is 39.5 Å². The Labute approximate surface area is 132 Å². The summed E-state index contributed by atoms with van der Waals surface area (Å²) in [4.78, 5) is 6.57. The van der Waals surface area contributed by atoms with Crippen LogP contribution in [0, 0.1) is 6.92 Å². The van der Waals surface area contributed by atoms with E-state index in [4.69, 9.17) is 0 Å². The van der Waals surface area contributed by atoms with Crippen LogP contribution in [0.5, 0.6) is 0 Å². The van der Waals surface area contributed by atoms with E-state index in [1.165, 1.54) is 11.1 Å². The molecule has 1 heterocycles. The Morgan fingerprint density at radius 2 is 1.86 bits per heavy atom. The van der Waals surface area contributed by atoms with Crippen LogP contribution in [0.15, 0.2) is 30.5 Å². The van der Waals surface area contributed by atoms with Crippen LogP contribution in [0.1, 0.15) is 17.5 Å². The van der Waals surface area contributed by atoms with Crippen molar-refractivity contribution in [3.63, 3.8) is 0 Å². The Morgan fingerprint density at radius 3 is 2.59 bits per heavy atom. The molecule has 6 heteroatoms. The van der Waals surface area contributed by atoms with Crippen LogP contribution in [-0.2, 0) is 6.54 Å². The Morgan fingerprint density at radius 1 is 1.09 bits per heavy atom. The van der Waals surface area contributed by atoms with Crippen LogP contribution < -0.4 is 10.6 Å². The molecule has 118 valence electrons. The number of aromatic nitrogens is 3. The second-order valence-corrected chi connectivity index (χ2v) is 5.59. The molecule has 0 unspecified atom stereocenters. The van der Waals surface area contributed by atoms with Crippen LogP contribution >= 0.6 is 0 Å². The molecular formula is C16H24N6. The number of hydrogen-bond donors (Lipinski definition) is 2. The molecule has 0 spiro atoms. The number of benzene rings is 1. The zero-order valence-corrected chi connectivity index (χ0v) is 13.5. The zero-order chi connectivity index (χ0) is 15.8. The first-order chi connectivity index (χ1) is 10.6. The van der Waals surface area contributed by atoms with E-state index in [0.717, 1.165) is 31.9 Å². The number of anilines is 2. The summed E-state index contributed by atoms with van der Waals surface area (Å²) in [7, 11) is 4.13. The van der Waals surface area contributed by atoms with Gasteiger partial charge in [0.2, 0.25) is 5.95 Å². The fraction of sp³-hybridized carbons (Fsp3) is 0.438. The van der Waals surface area contributed by atoms with E-state index in [1.54, 1.807) is 6.20 Å². The highest BCUT2D eigenvalue weighted by molar-refractivity contribution is 5.38. The lowest BCUT2D eigenvalue weighted by Gasteiger charge is -2.10. The van der Waals surface area contributed by atoms with E-state index >= 15 is 0 Å². The maximum absolute atomic E-state index is 4.41. The smallest absolute Gasteiger partial charge is 0.244 e. The van der Waals surface area contributed by atoms with E-state index < -0.39 is 0 Å². The van der Waals surface area contributed by atoms with Crippen molar-refractivity contribution in [2.24, 2.45) is 0 Å². The molecule has 0 bridgehead atoms. The maximum atomic E-state index is 4.41. The highest BCUT2D eigenvalue weighted by Crippen LogP contribution is 2.08. The molecule has 2 aromatic rings. The van der Waals surface area contributed by atoms with Crippen molar-refractivity contribution in [3.8, 4) is 0 Å². The van der Waals surface area contributed by atoms with Crippen molar-refractivity contribution >= 4 is 11.8 Å². The summed E-state index contributed by atoms with van der Waals surface area (Å²) in [6.45, 7) is 4.67. The van der Waals surface area contributed by atoms with E-state index in [9.17, 15) is 0 Å². The molecule has 1 aromatic heterocycles. The van der Waals surface area contributed by atoms with Crippen LogP contribution in [0.4, 0.5) is 11.8 Å². The molecular weight excluding hydrogens is 276 g/mol. The lowest BCUT2D eigenvalue weighted by Crippen LogP contribution is -2.17. The van der Waals surface area contributed by atoms with Crippen molar-refractivity contribution in [2.45, 2.75) is 19.9 Å². The first-order valence-electron chi connectivity index (χ1n) is 7.51. The minimum atomic E-state index is 0.563. The fourth-order valence-corrected chi connectivity index (χ4v) is 1.96. The van der Waals surface area contributed by atoms with Gasteiger partial charge in [-0.25, -0.2) is 0 Å². The average Bonchev–Trinajstić information content (AvgIpc) is 2.51. The van der Waals surface area contributed by atoms with Gasteiger partial charge >= 0.3 is 0 Å². The van der Waals surface area contributed by atoms with Gasteiger partial charge in [0, 0.05) is 13.1 Å². The molecule has 1 aromatic carbocycles. The van der Waals surface area contributed by atoms with Crippen LogP contribution in [0.3, 0.4) is 0 Å². The predicted molar refractivity (Wildman–Crippen MR) is 90.0 cm³/mol. The van der Waals surface area contributed by atoms with Crippen LogP contribution in [0.25, 0.3) is 0 Å². The lowest BCUT2D eigenvalue weighted by molar-refractivity contribution is 0.405. The number of hydrogen-bond acceptors (Lipinski definition) is 6. The Kier molecular flexibility index (Phi) is 6.09. The van der Waals surface area contributed by atoms with Gasteiger partial charge in [0.15, 0.2) is 5.82 Å². The van der Waals surface area contributed by atoms with E-state index in [0.29, 0.717) is 5.95 Å². The van der Waals surface area contributed by atoms with E-state index in [1.807, 2.05) is 0 Å². The Balaban J connectivity index is 1.81. The molecule has 0 aliphatic rings. The standard InChI is InChI=1S/C16H24N6/c1-13-5-7-14(8-6-13)11-18-15-12-19-21-16(20-15)17-9-4-10-22(2)3/h5-8,12H,4,9-11H2,1-3H3,(H2,17,18,20,21). The highest BCUT2D eigenvalue weighted by atomic mass is 15.3. The van der Waals surface area contributed by atoms with Crippen molar-refractivity contribution in [1.29, 1.82) is 0 Å². The van der Waals surface area contributed by atoms with Gasteiger partial charge in [0.1, 0.15) is 0 Å². The number of nitrogens with one attached hydrogen (secondary N) is 2. The minimum Gasteiger partial charge on any atom is -0.365 e. The van der Waals surface area contributed by atoms with Gasteiger partial charge < -0.3 is 15.5 Å². The second-order valence-electron chi connectivity index (χ2n) is 5.59. The average molecular weight is 300 g/mol. The third-order valence-electron chi connectivity index (χ3n) is 3.22. The molecule has 0 saturated carbocycles. The maximum Gasteiger partial charge on any atom is 0.244 e. The van der Waals surface area contributed by atoms with Crippen molar-refractivity contribution < 1.29 is 0 Å². The van der Waals surface area contributed by atoms with E-state index in [-0.39, 0.29) is 0 Å². The highest BCUT2D eigenvalue weighted by Gasteiger charge is 2.00. The molecule has 6 nitrogen and oxygen atoms in total. The van der Waals surface area contributed by atoms with Gasteiger partial charge in [-0.2, -0.15) is 10.1 Å². The number of rotatable bonds is 8. The van der Waals surface area contributed by atoms with Crippen molar-refractivity contribution in [1.82, 2.24) is 20.1 Å². The van der Waals surface area contributed by atoms with Gasteiger partial charge in [-0.15, -0.1) is 5.10 Å². The molecule has 2 rings (SSSR count). The Hall–Kier alpha value is -2.21. The summed E-state index contributed by atoms with van der Waals surface area (Å²) in [6, 6.07) is 8.43. The number of nitrogens with zero attached hydrogens (tertiary/aromatic N) is 4. The van der Waals surface area contributed by atoms with Crippen molar-refractivity contribution in [2.75, 3.05) is 37.8 Å². The molecule has 0 fully saturated rings. The topological polar surface area (TPSA) is 66.0 Å². The molecule has 0 atom stereocenters. The molecule has 0 radical (unpaired) electrons. The second kappa shape index (κ2) is 8.29. The van der Waals surface area contributed by atoms with Gasteiger partial charge in [-0.3, -0.25) is 0 Å². The van der Waals surface area contributed by atoms with E-state index in [2.05, 4.69) is 76.0 Å². The summed E-state index contributed by atoms with van der Waals surface area (Å²) in [5, 5.41) is 14.4. The molecule has 0 amide bonds. The monoisotopic (exact) mass is 300 g/mol. The largest absolute Gasteiger partial charge is 0.365 e. The molecule has 0 aliphatic heterocycles. The third kappa shape index (κ3) is 5.65. The first kappa shape index (κ1) is 16.2. The predicted octanol–water partition coefficient (Wildman–Crippen LogP) is 2.16. The normalized spacial score (nSPS) is 10.7. The van der Waals surface area contributed by atoms with Crippen LogP contribution in [-0.4, -0.2) is 47.3 Å². The number of aryl methyl sites for hydroxylation is 1.